The molecule has 3 aromatic rings. The molecule has 1 amide bonds. The highest BCUT2D eigenvalue weighted by atomic mass is 35.5. The number of ether oxygens (including phenoxy) is 1. The lowest BCUT2D eigenvalue weighted by Gasteiger charge is -2.24. The van der Waals surface area contributed by atoms with Gasteiger partial charge >= 0.3 is 0 Å². The number of hydrogen-bond donors (Lipinski definition) is 1. The van der Waals surface area contributed by atoms with Gasteiger partial charge in [0.2, 0.25) is 10.0 Å². The molecule has 1 N–H and O–H groups in total. The molecule has 0 heterocycles. The Kier molecular flexibility index (Phi) is 9.43. The second-order valence-corrected chi connectivity index (χ2v) is 10.6. The van der Waals surface area contributed by atoms with Gasteiger partial charge in [-0.25, -0.2) is 8.42 Å². The Balaban J connectivity index is 1.60. The number of halogens is 2. The Morgan fingerprint density at radius 2 is 1.71 bits per heavy atom. The van der Waals surface area contributed by atoms with Gasteiger partial charge in [0.1, 0.15) is 5.75 Å². The smallest absolute Gasteiger partial charge is 0.251 e. The Labute approximate surface area is 216 Å². The number of benzene rings is 3. The Bertz CT molecular complexity index is 1260. The molecular formula is C26H28Cl2N2O4S. The average Bonchev–Trinajstić information content (AvgIpc) is 2.83. The van der Waals surface area contributed by atoms with Gasteiger partial charge in [-0.2, -0.15) is 0 Å². The Morgan fingerprint density at radius 1 is 1.00 bits per heavy atom. The second-order valence-electron chi connectivity index (χ2n) is 7.94. The van der Waals surface area contributed by atoms with E-state index in [1.54, 1.807) is 42.5 Å². The topological polar surface area (TPSA) is 75.7 Å². The summed E-state index contributed by atoms with van der Waals surface area (Å²) in [4.78, 5) is 12.5. The van der Waals surface area contributed by atoms with Gasteiger partial charge in [-0.3, -0.25) is 9.10 Å². The summed E-state index contributed by atoms with van der Waals surface area (Å²) in [6.45, 7) is 3.14. The molecule has 0 saturated heterocycles. The van der Waals surface area contributed by atoms with Crippen molar-refractivity contribution in [2.45, 2.75) is 26.3 Å². The number of rotatable bonds is 11. The number of sulfonamides is 1. The molecule has 186 valence electrons. The zero-order valence-electron chi connectivity index (χ0n) is 19.6. The molecule has 0 aliphatic carbocycles. The van der Waals surface area contributed by atoms with E-state index in [1.165, 1.54) is 4.31 Å². The van der Waals surface area contributed by atoms with Gasteiger partial charge in [0.05, 0.1) is 35.1 Å². The zero-order valence-corrected chi connectivity index (χ0v) is 22.0. The van der Waals surface area contributed by atoms with Gasteiger partial charge in [-0.15, -0.1) is 0 Å². The molecule has 0 atom stereocenters. The van der Waals surface area contributed by atoms with Crippen LogP contribution in [-0.4, -0.2) is 33.7 Å². The number of hydrogen-bond acceptors (Lipinski definition) is 4. The van der Waals surface area contributed by atoms with Gasteiger partial charge < -0.3 is 10.1 Å². The zero-order chi connectivity index (χ0) is 25.4. The van der Waals surface area contributed by atoms with Crippen LogP contribution >= 0.6 is 23.2 Å². The lowest BCUT2D eigenvalue weighted by molar-refractivity contribution is 0.0953. The predicted octanol–water partition coefficient (Wildman–Crippen LogP) is 5.72. The van der Waals surface area contributed by atoms with Crippen LogP contribution in [-0.2, 0) is 23.0 Å². The van der Waals surface area contributed by atoms with E-state index in [9.17, 15) is 13.2 Å². The van der Waals surface area contributed by atoms with Crippen LogP contribution in [0.1, 0.15) is 34.8 Å². The number of nitrogens with one attached hydrogen (secondary N) is 1. The number of para-hydroxylation sites is 1. The van der Waals surface area contributed by atoms with Crippen LogP contribution in [0.25, 0.3) is 0 Å². The molecule has 0 radical (unpaired) electrons. The van der Waals surface area contributed by atoms with Crippen molar-refractivity contribution < 1.29 is 17.9 Å². The summed E-state index contributed by atoms with van der Waals surface area (Å²) >= 11 is 12.3. The third-order valence-electron chi connectivity index (χ3n) is 5.32. The van der Waals surface area contributed by atoms with Crippen LogP contribution in [0.3, 0.4) is 0 Å². The molecule has 0 aliphatic rings. The third-order valence-corrected chi connectivity index (χ3v) is 7.26. The number of amides is 1. The molecule has 6 nitrogen and oxygen atoms in total. The van der Waals surface area contributed by atoms with E-state index in [-0.39, 0.29) is 22.5 Å². The molecule has 35 heavy (non-hydrogen) atoms. The molecule has 0 aliphatic heterocycles. The van der Waals surface area contributed by atoms with Gasteiger partial charge in [-0.05, 0) is 61.2 Å². The summed E-state index contributed by atoms with van der Waals surface area (Å²) < 4.78 is 31.7. The van der Waals surface area contributed by atoms with E-state index in [4.69, 9.17) is 27.9 Å². The largest absolute Gasteiger partial charge is 0.494 e. The van der Waals surface area contributed by atoms with Crippen molar-refractivity contribution in [2.75, 3.05) is 23.7 Å². The van der Waals surface area contributed by atoms with E-state index in [0.717, 1.165) is 30.4 Å². The normalized spacial score (nSPS) is 11.2. The first kappa shape index (κ1) is 26.9. The summed E-state index contributed by atoms with van der Waals surface area (Å²) in [6, 6.07) is 19.5. The van der Waals surface area contributed by atoms with Crippen molar-refractivity contribution in [1.29, 1.82) is 0 Å². The fraction of sp³-hybridized carbons (Fsp3) is 0.269. The molecular weight excluding hydrogens is 507 g/mol. The van der Waals surface area contributed by atoms with E-state index >= 15 is 0 Å². The number of carbonyl (C=O) groups is 1. The number of carbonyl (C=O) groups excluding carboxylic acids is 1. The lowest BCUT2D eigenvalue weighted by Crippen LogP contribution is -2.29. The van der Waals surface area contributed by atoms with Crippen molar-refractivity contribution >= 4 is 44.8 Å². The van der Waals surface area contributed by atoms with Crippen molar-refractivity contribution in [3.8, 4) is 5.75 Å². The summed E-state index contributed by atoms with van der Waals surface area (Å²) in [7, 11) is -3.62. The fourth-order valence-electron chi connectivity index (χ4n) is 3.58. The molecule has 3 aromatic carbocycles. The molecule has 0 spiro atoms. The van der Waals surface area contributed by atoms with Gasteiger partial charge in [0.15, 0.2) is 0 Å². The molecule has 0 aromatic heterocycles. The molecule has 0 unspecified atom stereocenters. The number of nitrogens with zero attached hydrogens (tertiary/aromatic N) is 1. The Morgan fingerprint density at radius 3 is 2.40 bits per heavy atom. The van der Waals surface area contributed by atoms with Crippen LogP contribution in [0.5, 0.6) is 5.75 Å². The lowest BCUT2D eigenvalue weighted by atomic mass is 10.1. The maximum atomic E-state index is 12.5. The van der Waals surface area contributed by atoms with Gasteiger partial charge in [0, 0.05) is 12.1 Å². The third kappa shape index (κ3) is 7.37. The minimum atomic E-state index is -3.62. The molecule has 3 rings (SSSR count). The van der Waals surface area contributed by atoms with Crippen LogP contribution < -0.4 is 14.4 Å². The van der Waals surface area contributed by atoms with Crippen molar-refractivity contribution in [3.05, 3.63) is 93.5 Å². The highest BCUT2D eigenvalue weighted by Gasteiger charge is 2.21. The highest BCUT2D eigenvalue weighted by molar-refractivity contribution is 7.92. The summed E-state index contributed by atoms with van der Waals surface area (Å²) in [5.74, 6) is 0.687. The van der Waals surface area contributed by atoms with E-state index in [1.807, 2.05) is 31.2 Å². The van der Waals surface area contributed by atoms with Crippen LogP contribution in [0.2, 0.25) is 10.0 Å². The fourth-order valence-corrected chi connectivity index (χ4v) is 4.92. The van der Waals surface area contributed by atoms with Gasteiger partial charge in [0.25, 0.3) is 5.91 Å². The van der Waals surface area contributed by atoms with Crippen LogP contribution in [0.4, 0.5) is 5.69 Å². The van der Waals surface area contributed by atoms with Crippen LogP contribution in [0, 0.1) is 0 Å². The van der Waals surface area contributed by atoms with Gasteiger partial charge in [-0.1, -0.05) is 59.6 Å². The van der Waals surface area contributed by atoms with E-state index in [2.05, 4.69) is 5.32 Å². The summed E-state index contributed by atoms with van der Waals surface area (Å²) in [6.07, 6.45) is 2.68. The minimum Gasteiger partial charge on any atom is -0.494 e. The predicted molar refractivity (Wildman–Crippen MR) is 142 cm³/mol. The maximum Gasteiger partial charge on any atom is 0.251 e. The SMILES string of the molecule is CCOc1ccccc1CCCNC(=O)c1ccc(CN(c2cccc(Cl)c2Cl)S(C)(=O)=O)cc1. The first-order valence-electron chi connectivity index (χ1n) is 11.2. The molecule has 0 fully saturated rings. The molecule has 0 saturated carbocycles. The number of aryl methyl sites for hydroxylation is 1. The quantitative estimate of drug-likeness (QED) is 0.319. The van der Waals surface area contributed by atoms with E-state index in [0.29, 0.717) is 30.0 Å². The highest BCUT2D eigenvalue weighted by Crippen LogP contribution is 2.34. The minimum absolute atomic E-state index is 0.0556. The first-order valence-corrected chi connectivity index (χ1v) is 13.8. The monoisotopic (exact) mass is 534 g/mol. The summed E-state index contributed by atoms with van der Waals surface area (Å²) in [5, 5.41) is 3.36. The van der Waals surface area contributed by atoms with Crippen molar-refractivity contribution in [2.24, 2.45) is 0 Å². The first-order chi connectivity index (χ1) is 16.7. The van der Waals surface area contributed by atoms with Crippen molar-refractivity contribution in [1.82, 2.24) is 5.32 Å². The van der Waals surface area contributed by atoms with Crippen molar-refractivity contribution in [3.63, 3.8) is 0 Å². The number of anilines is 1. The maximum absolute atomic E-state index is 12.5. The molecule has 0 bridgehead atoms. The molecule has 9 heteroatoms. The standard InChI is InChI=1S/C26H28Cl2N2O4S/c1-3-34-24-12-5-4-8-20(24)9-7-17-29-26(31)21-15-13-19(14-16-21)18-30(35(2,32)33)23-11-6-10-22(27)25(23)28/h4-6,8,10-16H,3,7,9,17-18H2,1-2H3,(H,29,31). The second kappa shape index (κ2) is 12.3. The Hall–Kier alpha value is -2.74. The van der Waals surface area contributed by atoms with Crippen LogP contribution in [0.15, 0.2) is 66.7 Å². The average molecular weight is 535 g/mol. The summed E-state index contributed by atoms with van der Waals surface area (Å²) in [5.41, 5.74) is 2.61. The van der Waals surface area contributed by atoms with E-state index < -0.39 is 10.0 Å².